The molecule has 0 saturated carbocycles. The number of benzene rings is 3. The Kier molecular flexibility index (Phi) is 5.78. The lowest BCUT2D eigenvalue weighted by atomic mass is 10.0. The summed E-state index contributed by atoms with van der Waals surface area (Å²) in [6.45, 7) is 0.489. The van der Waals surface area contributed by atoms with Crippen molar-refractivity contribution in [2.75, 3.05) is 19.1 Å². The molecule has 0 N–H and O–H groups in total. The Morgan fingerprint density at radius 3 is 2.13 bits per heavy atom. The second kappa shape index (κ2) is 8.66. The minimum atomic E-state index is -0.368. The minimum Gasteiger partial charge on any atom is -0.497 e. The van der Waals surface area contributed by atoms with Crippen molar-refractivity contribution in [3.8, 4) is 5.75 Å². The van der Waals surface area contributed by atoms with Crippen LogP contribution >= 0.6 is 11.6 Å². The summed E-state index contributed by atoms with van der Waals surface area (Å²) in [6.07, 6.45) is 0. The molecule has 5 nitrogen and oxygen atoms in total. The van der Waals surface area contributed by atoms with Crippen molar-refractivity contribution in [2.24, 2.45) is 0 Å². The van der Waals surface area contributed by atoms with Gasteiger partial charge in [0.15, 0.2) is 0 Å². The number of likely N-dealkylation sites (N-methyl/N-ethyl adjacent to an activating group) is 1. The first-order valence-electron chi connectivity index (χ1n) is 9.77. The Hall–Kier alpha value is -3.57. The van der Waals surface area contributed by atoms with Crippen molar-refractivity contribution in [1.29, 1.82) is 0 Å². The smallest absolute Gasteiger partial charge is 0.282 e. The zero-order valence-corrected chi connectivity index (χ0v) is 18.0. The summed E-state index contributed by atoms with van der Waals surface area (Å²) in [6, 6.07) is 23.6. The number of ether oxygens (including phenoxy) is 1. The fourth-order valence-electron chi connectivity index (χ4n) is 3.65. The number of amides is 2. The molecule has 0 atom stereocenters. The molecule has 3 aromatic carbocycles. The maximum absolute atomic E-state index is 13.5. The van der Waals surface area contributed by atoms with Crippen molar-refractivity contribution >= 4 is 34.7 Å². The Bertz CT molecular complexity index is 1140. The zero-order valence-electron chi connectivity index (χ0n) is 17.2. The van der Waals surface area contributed by atoms with Crippen LogP contribution in [0.2, 0.25) is 5.02 Å². The van der Waals surface area contributed by atoms with Gasteiger partial charge < -0.3 is 9.64 Å². The van der Waals surface area contributed by atoms with E-state index in [1.807, 2.05) is 42.3 Å². The fourth-order valence-corrected chi connectivity index (χ4v) is 3.78. The van der Waals surface area contributed by atoms with Gasteiger partial charge in [-0.2, -0.15) is 0 Å². The first kappa shape index (κ1) is 20.7. The maximum atomic E-state index is 13.5. The highest BCUT2D eigenvalue weighted by atomic mass is 35.5. The second-order valence-electron chi connectivity index (χ2n) is 7.22. The first-order valence-corrected chi connectivity index (χ1v) is 10.2. The Balaban J connectivity index is 1.78. The van der Waals surface area contributed by atoms with E-state index in [-0.39, 0.29) is 11.8 Å². The Morgan fingerprint density at radius 2 is 1.52 bits per heavy atom. The van der Waals surface area contributed by atoms with Gasteiger partial charge in [0.1, 0.15) is 11.4 Å². The largest absolute Gasteiger partial charge is 0.497 e. The molecule has 2 amide bonds. The summed E-state index contributed by atoms with van der Waals surface area (Å²) < 4.78 is 5.23. The van der Waals surface area contributed by atoms with Crippen LogP contribution in [0.25, 0.3) is 5.57 Å². The Morgan fingerprint density at radius 1 is 0.871 bits per heavy atom. The zero-order chi connectivity index (χ0) is 22.0. The summed E-state index contributed by atoms with van der Waals surface area (Å²) in [5.74, 6) is -0.0566. The maximum Gasteiger partial charge on any atom is 0.282 e. The average molecular weight is 433 g/mol. The first-order chi connectivity index (χ1) is 15.0. The number of anilines is 1. The number of hydrogen-bond donors (Lipinski definition) is 0. The third kappa shape index (κ3) is 4.05. The topological polar surface area (TPSA) is 49.9 Å². The lowest BCUT2D eigenvalue weighted by Gasteiger charge is -2.21. The van der Waals surface area contributed by atoms with Crippen molar-refractivity contribution in [3.05, 3.63) is 101 Å². The number of hydrogen-bond acceptors (Lipinski definition) is 4. The standard InChI is InChI=1S/C25H21ClN2O3/c1-27(16-17-6-4-3-5-7-17)23-22(18-8-14-21(31-2)15-9-18)24(29)28(25(23)30)20-12-10-19(26)11-13-20/h3-15H,16H2,1-2H3. The number of rotatable bonds is 6. The van der Waals surface area contributed by atoms with Gasteiger partial charge in [-0.15, -0.1) is 0 Å². The van der Waals surface area contributed by atoms with Crippen molar-refractivity contribution < 1.29 is 14.3 Å². The van der Waals surface area contributed by atoms with E-state index in [1.165, 1.54) is 4.90 Å². The van der Waals surface area contributed by atoms with E-state index in [9.17, 15) is 9.59 Å². The molecular weight excluding hydrogens is 412 g/mol. The molecule has 156 valence electrons. The molecule has 0 fully saturated rings. The highest BCUT2D eigenvalue weighted by molar-refractivity contribution is 6.45. The summed E-state index contributed by atoms with van der Waals surface area (Å²) >= 11 is 5.99. The second-order valence-corrected chi connectivity index (χ2v) is 7.65. The van der Waals surface area contributed by atoms with Gasteiger partial charge in [-0.3, -0.25) is 9.59 Å². The molecule has 0 radical (unpaired) electrons. The summed E-state index contributed by atoms with van der Waals surface area (Å²) in [5, 5.41) is 0.535. The lowest BCUT2D eigenvalue weighted by Crippen LogP contribution is -2.34. The third-order valence-electron chi connectivity index (χ3n) is 5.17. The number of halogens is 1. The third-order valence-corrected chi connectivity index (χ3v) is 5.42. The summed E-state index contributed by atoms with van der Waals surface area (Å²) in [7, 11) is 3.41. The molecule has 0 bridgehead atoms. The van der Waals surface area contributed by atoms with Gasteiger partial charge in [-0.05, 0) is 47.5 Å². The van der Waals surface area contributed by atoms with E-state index in [1.54, 1.807) is 55.6 Å². The van der Waals surface area contributed by atoms with E-state index in [0.29, 0.717) is 39.8 Å². The molecule has 3 aromatic rings. The average Bonchev–Trinajstić information content (AvgIpc) is 3.05. The molecule has 4 rings (SSSR count). The van der Waals surface area contributed by atoms with E-state index in [0.717, 1.165) is 5.56 Å². The molecular formula is C25H21ClN2O3. The van der Waals surface area contributed by atoms with Crippen LogP contribution in [0, 0.1) is 0 Å². The van der Waals surface area contributed by atoms with Crippen LogP contribution in [0.3, 0.4) is 0 Å². The molecule has 0 unspecified atom stereocenters. The molecule has 0 aliphatic carbocycles. The number of methoxy groups -OCH3 is 1. The number of carbonyl (C=O) groups is 2. The number of nitrogens with zero attached hydrogens (tertiary/aromatic N) is 2. The number of carbonyl (C=O) groups excluding carboxylic acids is 2. The van der Waals surface area contributed by atoms with Crippen molar-refractivity contribution in [3.63, 3.8) is 0 Å². The van der Waals surface area contributed by atoms with Gasteiger partial charge in [0, 0.05) is 18.6 Å². The van der Waals surface area contributed by atoms with Crippen LogP contribution < -0.4 is 9.64 Å². The van der Waals surface area contributed by atoms with Gasteiger partial charge in [-0.1, -0.05) is 54.1 Å². The quantitative estimate of drug-likeness (QED) is 0.527. The molecule has 1 aliphatic heterocycles. The van der Waals surface area contributed by atoms with Gasteiger partial charge >= 0.3 is 0 Å². The SMILES string of the molecule is COc1ccc(C2=C(N(C)Cc3ccccc3)C(=O)N(c3ccc(Cl)cc3)C2=O)cc1. The monoisotopic (exact) mass is 432 g/mol. The van der Waals surface area contributed by atoms with Crippen LogP contribution in [0.15, 0.2) is 84.6 Å². The minimum absolute atomic E-state index is 0.356. The fraction of sp³-hybridized carbons (Fsp3) is 0.120. The number of imide groups is 1. The van der Waals surface area contributed by atoms with Crippen LogP contribution in [-0.4, -0.2) is 30.9 Å². The Labute approximate surface area is 186 Å². The molecule has 0 aromatic heterocycles. The summed E-state index contributed by atoms with van der Waals surface area (Å²) in [4.78, 5) is 30.0. The highest BCUT2D eigenvalue weighted by Gasteiger charge is 2.41. The predicted octanol–water partition coefficient (Wildman–Crippen LogP) is 4.77. The van der Waals surface area contributed by atoms with Gasteiger partial charge in [0.05, 0.1) is 18.4 Å². The molecule has 6 heteroatoms. The molecule has 0 spiro atoms. The lowest BCUT2D eigenvalue weighted by molar-refractivity contribution is -0.120. The van der Waals surface area contributed by atoms with Crippen molar-refractivity contribution in [2.45, 2.75) is 6.54 Å². The predicted molar refractivity (Wildman–Crippen MR) is 122 cm³/mol. The molecule has 31 heavy (non-hydrogen) atoms. The normalized spacial score (nSPS) is 13.7. The van der Waals surface area contributed by atoms with E-state index < -0.39 is 0 Å². The van der Waals surface area contributed by atoms with Gasteiger partial charge in [-0.25, -0.2) is 4.90 Å². The van der Waals surface area contributed by atoms with E-state index in [2.05, 4.69) is 0 Å². The van der Waals surface area contributed by atoms with Crippen LogP contribution in [0.1, 0.15) is 11.1 Å². The van der Waals surface area contributed by atoms with Crippen LogP contribution in [0.4, 0.5) is 5.69 Å². The molecule has 1 heterocycles. The van der Waals surface area contributed by atoms with Crippen LogP contribution in [0.5, 0.6) is 5.75 Å². The molecule has 1 aliphatic rings. The van der Waals surface area contributed by atoms with Crippen LogP contribution in [-0.2, 0) is 16.1 Å². The molecule has 0 saturated heterocycles. The highest BCUT2D eigenvalue weighted by Crippen LogP contribution is 2.35. The summed E-state index contributed by atoms with van der Waals surface area (Å²) in [5.41, 5.74) is 2.89. The van der Waals surface area contributed by atoms with E-state index in [4.69, 9.17) is 16.3 Å². The van der Waals surface area contributed by atoms with E-state index >= 15 is 0 Å². The van der Waals surface area contributed by atoms with Gasteiger partial charge in [0.2, 0.25) is 0 Å². The van der Waals surface area contributed by atoms with Crippen molar-refractivity contribution in [1.82, 2.24) is 4.90 Å². The van der Waals surface area contributed by atoms with Gasteiger partial charge in [0.25, 0.3) is 11.8 Å².